The number of hydrogen-bond acceptors (Lipinski definition) is 5. The number of aliphatic hydroxyl groups is 1. The van der Waals surface area contributed by atoms with Crippen molar-refractivity contribution in [2.75, 3.05) is 19.7 Å². The van der Waals surface area contributed by atoms with Gasteiger partial charge in [0.2, 0.25) is 0 Å². The molecule has 1 aromatic heterocycles. The summed E-state index contributed by atoms with van der Waals surface area (Å²) in [4.78, 5) is 15.1. The van der Waals surface area contributed by atoms with Gasteiger partial charge in [0.1, 0.15) is 4.88 Å². The molecule has 0 spiro atoms. The molecule has 0 bridgehead atoms. The van der Waals surface area contributed by atoms with E-state index in [2.05, 4.69) is 16.5 Å². The Labute approximate surface area is 117 Å². The number of hydrogen-bond donors (Lipinski definition) is 1. The lowest BCUT2D eigenvalue weighted by Gasteiger charge is -2.41. The minimum atomic E-state index is -0.127. The Balaban J connectivity index is 2.15. The Morgan fingerprint density at radius 2 is 2.32 bits per heavy atom. The van der Waals surface area contributed by atoms with Crippen molar-refractivity contribution in [3.63, 3.8) is 0 Å². The van der Waals surface area contributed by atoms with Crippen LogP contribution in [0.4, 0.5) is 0 Å². The highest BCUT2D eigenvalue weighted by Gasteiger charge is 2.36. The Morgan fingerprint density at radius 1 is 1.53 bits per heavy atom. The standard InChI is InChI=1S/C13H21N3O2S/c1-3-10-11(19-15-14-10)12(18)16-7-5-6-13(4-2,8-16)9-17/h17H,3-9H2,1-2H3. The van der Waals surface area contributed by atoms with Crippen LogP contribution in [0.15, 0.2) is 0 Å². The van der Waals surface area contributed by atoms with Crippen molar-refractivity contribution in [2.24, 2.45) is 5.41 Å². The molecule has 1 N–H and O–H groups in total. The summed E-state index contributed by atoms with van der Waals surface area (Å²) in [5.41, 5.74) is 0.657. The van der Waals surface area contributed by atoms with E-state index in [1.54, 1.807) is 0 Å². The molecule has 0 aliphatic carbocycles. The first-order chi connectivity index (χ1) is 9.15. The SMILES string of the molecule is CCc1nnsc1C(=O)N1CCCC(CC)(CO)C1. The van der Waals surface area contributed by atoms with E-state index >= 15 is 0 Å². The Bertz CT molecular complexity index is 443. The van der Waals surface area contributed by atoms with Gasteiger partial charge in [-0.2, -0.15) is 0 Å². The third-order valence-corrected chi connectivity index (χ3v) is 4.88. The zero-order chi connectivity index (χ0) is 13.9. The van der Waals surface area contributed by atoms with Gasteiger partial charge in [-0.1, -0.05) is 18.3 Å². The molecule has 1 fully saturated rings. The molecule has 6 heteroatoms. The van der Waals surface area contributed by atoms with Gasteiger partial charge in [-0.3, -0.25) is 4.79 Å². The number of aliphatic hydroxyl groups excluding tert-OH is 1. The first kappa shape index (κ1) is 14.4. The number of nitrogens with zero attached hydrogens (tertiary/aromatic N) is 3. The second-order valence-corrected chi connectivity index (χ2v) is 6.00. The molecule has 106 valence electrons. The van der Waals surface area contributed by atoms with E-state index in [4.69, 9.17) is 0 Å². The summed E-state index contributed by atoms with van der Waals surface area (Å²) >= 11 is 1.18. The van der Waals surface area contributed by atoms with Gasteiger partial charge in [0.15, 0.2) is 0 Å². The van der Waals surface area contributed by atoms with Crippen LogP contribution < -0.4 is 0 Å². The molecular weight excluding hydrogens is 262 g/mol. The van der Waals surface area contributed by atoms with Gasteiger partial charge in [-0.05, 0) is 37.2 Å². The van der Waals surface area contributed by atoms with Crippen LogP contribution >= 0.6 is 11.5 Å². The summed E-state index contributed by atoms with van der Waals surface area (Å²) in [6, 6.07) is 0. The third-order valence-electron chi connectivity index (χ3n) is 4.12. The molecule has 1 unspecified atom stereocenters. The Kier molecular flexibility index (Phi) is 4.52. The van der Waals surface area contributed by atoms with E-state index in [1.165, 1.54) is 11.5 Å². The Morgan fingerprint density at radius 3 is 2.95 bits per heavy atom. The maximum Gasteiger partial charge on any atom is 0.267 e. The normalized spacial score (nSPS) is 23.6. The summed E-state index contributed by atoms with van der Waals surface area (Å²) in [5, 5.41) is 13.6. The van der Waals surface area contributed by atoms with Crippen LogP contribution in [-0.2, 0) is 6.42 Å². The van der Waals surface area contributed by atoms with Gasteiger partial charge in [0.05, 0.1) is 12.3 Å². The molecular formula is C13H21N3O2S. The second-order valence-electron chi connectivity index (χ2n) is 5.24. The number of likely N-dealkylation sites (tertiary alicyclic amines) is 1. The molecule has 19 heavy (non-hydrogen) atoms. The molecule has 2 rings (SSSR count). The summed E-state index contributed by atoms with van der Waals surface area (Å²) in [7, 11) is 0. The van der Waals surface area contributed by atoms with E-state index in [9.17, 15) is 9.90 Å². The van der Waals surface area contributed by atoms with E-state index < -0.39 is 0 Å². The fourth-order valence-electron chi connectivity index (χ4n) is 2.66. The van der Waals surface area contributed by atoms with Crippen LogP contribution in [0.5, 0.6) is 0 Å². The number of rotatable bonds is 4. The first-order valence-corrected chi connectivity index (χ1v) is 7.64. The summed E-state index contributed by atoms with van der Waals surface area (Å²) < 4.78 is 3.88. The third kappa shape index (κ3) is 2.79. The second kappa shape index (κ2) is 5.96. The van der Waals surface area contributed by atoms with E-state index in [-0.39, 0.29) is 17.9 Å². The van der Waals surface area contributed by atoms with E-state index in [0.29, 0.717) is 11.4 Å². The maximum absolute atomic E-state index is 12.5. The fourth-order valence-corrected chi connectivity index (χ4v) is 3.38. The van der Waals surface area contributed by atoms with Crippen LogP contribution in [0.25, 0.3) is 0 Å². The first-order valence-electron chi connectivity index (χ1n) is 6.87. The van der Waals surface area contributed by atoms with Gasteiger partial charge < -0.3 is 10.0 Å². The number of aryl methyl sites for hydroxylation is 1. The highest BCUT2D eigenvalue weighted by molar-refractivity contribution is 7.08. The minimum Gasteiger partial charge on any atom is -0.396 e. The monoisotopic (exact) mass is 283 g/mol. The largest absolute Gasteiger partial charge is 0.396 e. The fraction of sp³-hybridized carbons (Fsp3) is 0.769. The van der Waals surface area contributed by atoms with Crippen LogP contribution in [-0.4, -0.2) is 45.2 Å². The highest BCUT2D eigenvalue weighted by atomic mass is 32.1. The van der Waals surface area contributed by atoms with Crippen molar-refractivity contribution < 1.29 is 9.90 Å². The minimum absolute atomic E-state index is 0.0258. The molecule has 0 aromatic carbocycles. The predicted octanol–water partition coefficient (Wildman–Crippen LogP) is 1.73. The lowest BCUT2D eigenvalue weighted by Crippen LogP contribution is -2.47. The number of piperidine rings is 1. The van der Waals surface area contributed by atoms with Crippen LogP contribution in [0.2, 0.25) is 0 Å². The van der Waals surface area contributed by atoms with Crippen molar-refractivity contribution in [2.45, 2.75) is 39.5 Å². The van der Waals surface area contributed by atoms with Crippen molar-refractivity contribution in [3.05, 3.63) is 10.6 Å². The van der Waals surface area contributed by atoms with Crippen LogP contribution in [0, 0.1) is 5.41 Å². The van der Waals surface area contributed by atoms with Crippen LogP contribution in [0.3, 0.4) is 0 Å². The van der Waals surface area contributed by atoms with Crippen molar-refractivity contribution in [1.29, 1.82) is 0 Å². The average molecular weight is 283 g/mol. The topological polar surface area (TPSA) is 66.3 Å². The zero-order valence-electron chi connectivity index (χ0n) is 11.6. The van der Waals surface area contributed by atoms with Crippen molar-refractivity contribution >= 4 is 17.4 Å². The molecule has 0 radical (unpaired) electrons. The Hall–Kier alpha value is -1.01. The molecule has 1 aliphatic heterocycles. The van der Waals surface area contributed by atoms with Gasteiger partial charge in [0.25, 0.3) is 5.91 Å². The number of carbonyl (C=O) groups excluding carboxylic acids is 1. The number of aromatic nitrogens is 2. The van der Waals surface area contributed by atoms with Gasteiger partial charge >= 0.3 is 0 Å². The smallest absolute Gasteiger partial charge is 0.267 e. The highest BCUT2D eigenvalue weighted by Crippen LogP contribution is 2.33. The molecule has 1 aromatic rings. The molecule has 5 nitrogen and oxygen atoms in total. The summed E-state index contributed by atoms with van der Waals surface area (Å²) in [6.45, 7) is 5.61. The number of carbonyl (C=O) groups is 1. The molecule has 2 heterocycles. The van der Waals surface area contributed by atoms with E-state index in [0.717, 1.165) is 37.9 Å². The average Bonchev–Trinajstić information content (AvgIpc) is 2.94. The van der Waals surface area contributed by atoms with Crippen molar-refractivity contribution in [3.8, 4) is 0 Å². The summed E-state index contributed by atoms with van der Waals surface area (Å²) in [5.74, 6) is 0.0258. The zero-order valence-corrected chi connectivity index (χ0v) is 12.4. The lowest BCUT2D eigenvalue weighted by molar-refractivity contribution is 0.0254. The quantitative estimate of drug-likeness (QED) is 0.914. The van der Waals surface area contributed by atoms with E-state index in [1.807, 2.05) is 11.8 Å². The molecule has 1 amide bonds. The molecule has 1 atom stereocenters. The predicted molar refractivity (Wildman–Crippen MR) is 74.2 cm³/mol. The molecule has 1 aliphatic rings. The summed E-state index contributed by atoms with van der Waals surface area (Å²) in [6.07, 6.45) is 3.57. The van der Waals surface area contributed by atoms with Gasteiger partial charge in [-0.25, -0.2) is 0 Å². The van der Waals surface area contributed by atoms with Crippen molar-refractivity contribution in [1.82, 2.24) is 14.5 Å². The molecule has 0 saturated carbocycles. The van der Waals surface area contributed by atoms with Gasteiger partial charge in [-0.15, -0.1) is 5.10 Å². The van der Waals surface area contributed by atoms with Crippen LogP contribution in [0.1, 0.15) is 48.5 Å². The van der Waals surface area contributed by atoms with Gasteiger partial charge in [0, 0.05) is 18.5 Å². The maximum atomic E-state index is 12.5. The number of amides is 1. The molecule has 1 saturated heterocycles. The lowest BCUT2D eigenvalue weighted by atomic mass is 9.78.